The first-order valence-electron chi connectivity index (χ1n) is 9.56. The summed E-state index contributed by atoms with van der Waals surface area (Å²) in [6.07, 6.45) is 3.65. The molecule has 1 saturated heterocycles. The summed E-state index contributed by atoms with van der Waals surface area (Å²) in [5.74, 6) is -0.0805. The fraction of sp³-hybridized carbons (Fsp3) is 0.273. The van der Waals surface area contributed by atoms with Crippen molar-refractivity contribution in [2.24, 2.45) is 0 Å². The van der Waals surface area contributed by atoms with Gasteiger partial charge in [-0.3, -0.25) is 9.48 Å². The second kappa shape index (κ2) is 8.71. The van der Waals surface area contributed by atoms with Crippen LogP contribution in [0.5, 0.6) is 0 Å². The van der Waals surface area contributed by atoms with Crippen LogP contribution in [0.2, 0.25) is 0 Å². The molecule has 6 nitrogen and oxygen atoms in total. The molecule has 0 radical (unpaired) electrons. The molecule has 0 aliphatic carbocycles. The van der Waals surface area contributed by atoms with Crippen LogP contribution in [0.25, 0.3) is 0 Å². The third kappa shape index (κ3) is 4.23. The van der Waals surface area contributed by atoms with E-state index in [1.54, 1.807) is 6.20 Å². The number of aromatic nitrogens is 2. The Bertz CT molecular complexity index is 890. The van der Waals surface area contributed by atoms with Gasteiger partial charge in [-0.2, -0.15) is 5.10 Å². The molecule has 6 heteroatoms. The Labute approximate surface area is 164 Å². The van der Waals surface area contributed by atoms with E-state index in [1.165, 1.54) is 0 Å². The number of morpholine rings is 1. The number of anilines is 1. The average Bonchev–Trinajstić information content (AvgIpc) is 3.28. The van der Waals surface area contributed by atoms with Crippen molar-refractivity contribution in [2.45, 2.75) is 12.6 Å². The fourth-order valence-corrected chi connectivity index (χ4v) is 3.50. The first kappa shape index (κ1) is 18.3. The van der Waals surface area contributed by atoms with Crippen molar-refractivity contribution in [3.8, 4) is 0 Å². The van der Waals surface area contributed by atoms with E-state index in [9.17, 15) is 4.79 Å². The number of hydrogen-bond acceptors (Lipinski definition) is 4. The Morgan fingerprint density at radius 3 is 2.54 bits per heavy atom. The number of carbonyl (C=O) groups is 1. The molecule has 1 N–H and O–H groups in total. The number of benzene rings is 2. The molecule has 1 aliphatic rings. The lowest BCUT2D eigenvalue weighted by Gasteiger charge is -2.30. The number of nitrogens with zero attached hydrogens (tertiary/aromatic N) is 3. The minimum atomic E-state index is -0.175. The van der Waals surface area contributed by atoms with E-state index in [4.69, 9.17) is 4.74 Å². The van der Waals surface area contributed by atoms with E-state index < -0.39 is 0 Å². The average molecular weight is 376 g/mol. The lowest BCUT2D eigenvalue weighted by Crippen LogP contribution is -2.38. The van der Waals surface area contributed by atoms with Crippen LogP contribution in [0.3, 0.4) is 0 Å². The smallest absolute Gasteiger partial charge is 0.253 e. The molecule has 4 rings (SSSR count). The van der Waals surface area contributed by atoms with Crippen LogP contribution in [0.15, 0.2) is 73.1 Å². The SMILES string of the molecule is O=C(NC(Cn1cccn1)c1ccccc1)c1ccccc1N1CCOCC1. The summed E-state index contributed by atoms with van der Waals surface area (Å²) in [6.45, 7) is 3.52. The molecule has 1 aromatic heterocycles. The number of para-hydroxylation sites is 1. The van der Waals surface area contributed by atoms with Crippen molar-refractivity contribution in [3.63, 3.8) is 0 Å². The minimum Gasteiger partial charge on any atom is -0.378 e. The maximum atomic E-state index is 13.2. The van der Waals surface area contributed by atoms with Crippen LogP contribution in [0.1, 0.15) is 22.0 Å². The van der Waals surface area contributed by atoms with Gasteiger partial charge in [-0.1, -0.05) is 42.5 Å². The zero-order valence-corrected chi connectivity index (χ0v) is 15.7. The second-order valence-electron chi connectivity index (χ2n) is 6.78. The van der Waals surface area contributed by atoms with Crippen molar-refractivity contribution in [2.75, 3.05) is 31.2 Å². The highest BCUT2D eigenvalue weighted by molar-refractivity contribution is 6.00. The highest BCUT2D eigenvalue weighted by atomic mass is 16.5. The third-order valence-corrected chi connectivity index (χ3v) is 4.94. The largest absolute Gasteiger partial charge is 0.378 e. The summed E-state index contributed by atoms with van der Waals surface area (Å²) in [5, 5.41) is 7.51. The van der Waals surface area contributed by atoms with Gasteiger partial charge in [-0.25, -0.2) is 0 Å². The van der Waals surface area contributed by atoms with E-state index in [2.05, 4.69) is 15.3 Å². The predicted octanol–water partition coefficient (Wildman–Crippen LogP) is 2.89. The lowest BCUT2D eigenvalue weighted by molar-refractivity contribution is 0.0930. The van der Waals surface area contributed by atoms with Crippen LogP contribution in [-0.4, -0.2) is 42.0 Å². The van der Waals surface area contributed by atoms with Gasteiger partial charge in [0.25, 0.3) is 5.91 Å². The van der Waals surface area contributed by atoms with Gasteiger partial charge >= 0.3 is 0 Å². The molecular formula is C22H24N4O2. The third-order valence-electron chi connectivity index (χ3n) is 4.94. The van der Waals surface area contributed by atoms with Gasteiger partial charge in [0, 0.05) is 31.2 Å². The lowest BCUT2D eigenvalue weighted by atomic mass is 10.1. The summed E-state index contributed by atoms with van der Waals surface area (Å²) in [4.78, 5) is 15.4. The second-order valence-corrected chi connectivity index (χ2v) is 6.78. The Morgan fingerprint density at radius 1 is 1.04 bits per heavy atom. The number of rotatable bonds is 6. The molecule has 1 aliphatic heterocycles. The summed E-state index contributed by atoms with van der Waals surface area (Å²) in [5.41, 5.74) is 2.69. The zero-order valence-electron chi connectivity index (χ0n) is 15.7. The van der Waals surface area contributed by atoms with E-state index in [0.717, 1.165) is 24.3 Å². The van der Waals surface area contributed by atoms with Gasteiger partial charge < -0.3 is 15.0 Å². The summed E-state index contributed by atoms with van der Waals surface area (Å²) >= 11 is 0. The standard InChI is InChI=1S/C22H24N4O2/c27-22(19-9-4-5-10-21(19)25-13-15-28-16-14-25)24-20(17-26-12-6-11-23-26)18-7-2-1-3-8-18/h1-12,20H,13-17H2,(H,24,27). The fourth-order valence-electron chi connectivity index (χ4n) is 3.50. The first-order valence-corrected chi connectivity index (χ1v) is 9.56. The highest BCUT2D eigenvalue weighted by Crippen LogP contribution is 2.23. The molecule has 144 valence electrons. The van der Waals surface area contributed by atoms with Crippen LogP contribution < -0.4 is 10.2 Å². The monoisotopic (exact) mass is 376 g/mol. The van der Waals surface area contributed by atoms with Gasteiger partial charge in [-0.05, 0) is 23.8 Å². The van der Waals surface area contributed by atoms with Crippen molar-refractivity contribution < 1.29 is 9.53 Å². The summed E-state index contributed by atoms with van der Waals surface area (Å²) in [6, 6.07) is 19.5. The van der Waals surface area contributed by atoms with Gasteiger partial charge in [0.1, 0.15) is 0 Å². The highest BCUT2D eigenvalue weighted by Gasteiger charge is 2.21. The molecule has 28 heavy (non-hydrogen) atoms. The van der Waals surface area contributed by atoms with Crippen LogP contribution in [0, 0.1) is 0 Å². The Hall–Kier alpha value is -3.12. The van der Waals surface area contributed by atoms with Crippen LogP contribution in [-0.2, 0) is 11.3 Å². The van der Waals surface area contributed by atoms with Gasteiger partial charge in [0.2, 0.25) is 0 Å². The Balaban J connectivity index is 1.58. The van der Waals surface area contributed by atoms with Crippen LogP contribution in [0.4, 0.5) is 5.69 Å². The zero-order chi connectivity index (χ0) is 19.2. The molecule has 0 saturated carbocycles. The van der Waals surface area contributed by atoms with Crippen molar-refractivity contribution >= 4 is 11.6 Å². The topological polar surface area (TPSA) is 59.4 Å². The van der Waals surface area contributed by atoms with Crippen LogP contribution >= 0.6 is 0 Å². The minimum absolute atomic E-state index is 0.0805. The number of carbonyl (C=O) groups excluding carboxylic acids is 1. The van der Waals surface area contributed by atoms with Gasteiger partial charge in [0.15, 0.2) is 0 Å². The predicted molar refractivity (Wildman–Crippen MR) is 108 cm³/mol. The quantitative estimate of drug-likeness (QED) is 0.719. The molecule has 2 heterocycles. The van der Waals surface area contributed by atoms with Crippen molar-refractivity contribution in [1.82, 2.24) is 15.1 Å². The van der Waals surface area contributed by atoms with E-state index in [1.807, 2.05) is 71.5 Å². The summed E-state index contributed by atoms with van der Waals surface area (Å²) in [7, 11) is 0. The molecule has 0 spiro atoms. The number of amides is 1. The molecule has 1 fully saturated rings. The molecule has 2 aromatic carbocycles. The van der Waals surface area contributed by atoms with Crippen molar-refractivity contribution in [1.29, 1.82) is 0 Å². The van der Waals surface area contributed by atoms with E-state index in [0.29, 0.717) is 25.3 Å². The number of nitrogens with one attached hydrogen (secondary N) is 1. The molecular weight excluding hydrogens is 352 g/mol. The normalized spacial score (nSPS) is 15.2. The summed E-state index contributed by atoms with van der Waals surface area (Å²) < 4.78 is 7.29. The maximum absolute atomic E-state index is 13.2. The maximum Gasteiger partial charge on any atom is 0.253 e. The number of ether oxygens (including phenoxy) is 1. The van der Waals surface area contributed by atoms with E-state index in [-0.39, 0.29) is 11.9 Å². The van der Waals surface area contributed by atoms with Gasteiger partial charge in [0.05, 0.1) is 31.4 Å². The Morgan fingerprint density at radius 2 is 1.79 bits per heavy atom. The molecule has 0 bridgehead atoms. The first-order chi connectivity index (χ1) is 13.8. The number of hydrogen-bond donors (Lipinski definition) is 1. The Kier molecular flexibility index (Phi) is 5.68. The van der Waals surface area contributed by atoms with Gasteiger partial charge in [-0.15, -0.1) is 0 Å². The molecule has 3 aromatic rings. The molecule has 1 atom stereocenters. The molecule has 1 unspecified atom stereocenters. The molecule has 1 amide bonds. The van der Waals surface area contributed by atoms with Crippen molar-refractivity contribution in [3.05, 3.63) is 84.2 Å². The van der Waals surface area contributed by atoms with E-state index >= 15 is 0 Å².